The van der Waals surface area contributed by atoms with Crippen molar-refractivity contribution in [3.8, 4) is 0 Å². The summed E-state index contributed by atoms with van der Waals surface area (Å²) in [5.41, 5.74) is 1.19. The van der Waals surface area contributed by atoms with Gasteiger partial charge in [-0.3, -0.25) is 4.90 Å². The van der Waals surface area contributed by atoms with E-state index in [1.807, 2.05) is 6.20 Å². The summed E-state index contributed by atoms with van der Waals surface area (Å²) in [5.74, 6) is 0.998. The number of hydrogen-bond donors (Lipinski definition) is 1. The molecule has 1 aromatic rings. The summed E-state index contributed by atoms with van der Waals surface area (Å²) in [6.07, 6.45) is 7.26. The van der Waals surface area contributed by atoms with Gasteiger partial charge in [-0.15, -0.1) is 0 Å². The maximum Gasteiger partial charge on any atom is 0.140 e. The molecule has 4 heteroatoms. The number of nitrogens with zero attached hydrogens (tertiary/aromatic N) is 2. The van der Waals surface area contributed by atoms with Crippen LogP contribution in [0.3, 0.4) is 0 Å². The smallest absolute Gasteiger partial charge is 0.140 e. The fourth-order valence-electron chi connectivity index (χ4n) is 3.23. The Morgan fingerprint density at radius 2 is 2.22 bits per heavy atom. The molecule has 0 bridgehead atoms. The zero-order valence-corrected chi connectivity index (χ0v) is 12.4. The fraction of sp³-hybridized carbons (Fsp3) is 0.643. The normalized spacial score (nSPS) is 28.1. The number of piperidine rings is 1. The predicted molar refractivity (Wildman–Crippen MR) is 77.9 cm³/mol. The second kappa shape index (κ2) is 5.17. The molecule has 1 aromatic heterocycles. The van der Waals surface area contributed by atoms with Crippen molar-refractivity contribution < 1.29 is 0 Å². The predicted octanol–water partition coefficient (Wildman–Crippen LogP) is 3.19. The topological polar surface area (TPSA) is 28.2 Å². The van der Waals surface area contributed by atoms with E-state index in [0.717, 1.165) is 10.3 Å². The van der Waals surface area contributed by atoms with Gasteiger partial charge in [-0.1, -0.05) is 6.42 Å². The zero-order chi connectivity index (χ0) is 12.5. The van der Waals surface area contributed by atoms with E-state index in [4.69, 9.17) is 0 Å². The highest BCUT2D eigenvalue weighted by Crippen LogP contribution is 2.30. The van der Waals surface area contributed by atoms with Crippen LogP contribution in [0, 0.1) is 6.92 Å². The summed E-state index contributed by atoms with van der Waals surface area (Å²) < 4.78 is 1.08. The standard InChI is InChI=1S/C14H20BrN3/c1-10-8-11(15)14(16-9-10)17-12-5-7-18-6-3-2-4-13(12)18/h8-9,12-13H,2-7H2,1H3,(H,16,17). The van der Waals surface area contributed by atoms with E-state index in [1.165, 1.54) is 44.3 Å². The van der Waals surface area contributed by atoms with Crippen LogP contribution in [0.1, 0.15) is 31.2 Å². The van der Waals surface area contributed by atoms with Gasteiger partial charge < -0.3 is 5.32 Å². The van der Waals surface area contributed by atoms with E-state index < -0.39 is 0 Å². The maximum absolute atomic E-state index is 4.50. The molecule has 1 N–H and O–H groups in total. The lowest BCUT2D eigenvalue weighted by atomic mass is 9.99. The fourth-order valence-corrected chi connectivity index (χ4v) is 3.81. The summed E-state index contributed by atoms with van der Waals surface area (Å²) in [5, 5.41) is 3.64. The first-order valence-electron chi connectivity index (χ1n) is 6.87. The largest absolute Gasteiger partial charge is 0.365 e. The van der Waals surface area contributed by atoms with E-state index in [1.54, 1.807) is 0 Å². The molecule has 2 unspecified atom stereocenters. The van der Waals surface area contributed by atoms with Crippen molar-refractivity contribution in [2.75, 3.05) is 18.4 Å². The molecule has 0 radical (unpaired) electrons. The maximum atomic E-state index is 4.50. The average molecular weight is 310 g/mol. The molecule has 2 saturated heterocycles. The summed E-state index contributed by atoms with van der Waals surface area (Å²) in [6, 6.07) is 3.41. The molecule has 3 heterocycles. The van der Waals surface area contributed by atoms with Gasteiger partial charge in [0.25, 0.3) is 0 Å². The molecular weight excluding hydrogens is 290 g/mol. The summed E-state index contributed by atoms with van der Waals surface area (Å²) in [7, 11) is 0. The Balaban J connectivity index is 1.72. The van der Waals surface area contributed by atoms with E-state index >= 15 is 0 Å². The van der Waals surface area contributed by atoms with Crippen LogP contribution in [-0.2, 0) is 0 Å². The molecule has 2 fully saturated rings. The number of aryl methyl sites for hydroxylation is 1. The first-order chi connectivity index (χ1) is 8.74. The highest BCUT2D eigenvalue weighted by Gasteiger charge is 2.35. The molecular formula is C14H20BrN3. The second-order valence-electron chi connectivity index (χ2n) is 5.48. The summed E-state index contributed by atoms with van der Waals surface area (Å²) in [4.78, 5) is 7.14. The number of halogens is 1. The molecule has 0 aromatic carbocycles. The first-order valence-corrected chi connectivity index (χ1v) is 7.66. The third kappa shape index (κ3) is 2.41. The van der Waals surface area contributed by atoms with Crippen molar-refractivity contribution in [1.82, 2.24) is 9.88 Å². The molecule has 18 heavy (non-hydrogen) atoms. The Kier molecular flexibility index (Phi) is 3.57. The number of nitrogens with one attached hydrogen (secondary N) is 1. The van der Waals surface area contributed by atoms with E-state index in [9.17, 15) is 0 Å². The Labute approximate surface area is 117 Å². The van der Waals surface area contributed by atoms with Gasteiger partial charge in [0.05, 0.1) is 4.47 Å². The van der Waals surface area contributed by atoms with Crippen molar-refractivity contribution in [3.63, 3.8) is 0 Å². The van der Waals surface area contributed by atoms with Crippen LogP contribution in [0.5, 0.6) is 0 Å². The monoisotopic (exact) mass is 309 g/mol. The number of aromatic nitrogens is 1. The quantitative estimate of drug-likeness (QED) is 0.909. The minimum absolute atomic E-state index is 0.566. The van der Waals surface area contributed by atoms with Gasteiger partial charge in [0.2, 0.25) is 0 Å². The summed E-state index contributed by atoms with van der Waals surface area (Å²) >= 11 is 3.60. The van der Waals surface area contributed by atoms with Crippen LogP contribution in [-0.4, -0.2) is 35.1 Å². The highest BCUT2D eigenvalue weighted by atomic mass is 79.9. The number of anilines is 1. The Hall–Kier alpha value is -0.610. The molecule has 2 aliphatic heterocycles. The SMILES string of the molecule is Cc1cnc(NC2CCN3CCCCC23)c(Br)c1. The second-order valence-corrected chi connectivity index (χ2v) is 6.34. The van der Waals surface area contributed by atoms with E-state index in [-0.39, 0.29) is 0 Å². The Bertz CT molecular complexity index is 435. The Morgan fingerprint density at radius 3 is 3.06 bits per heavy atom. The van der Waals surface area contributed by atoms with Crippen molar-refractivity contribution >= 4 is 21.7 Å². The van der Waals surface area contributed by atoms with Gasteiger partial charge in [-0.25, -0.2) is 4.98 Å². The number of hydrogen-bond acceptors (Lipinski definition) is 3. The third-order valence-corrected chi connectivity index (χ3v) is 4.76. The average Bonchev–Trinajstić information content (AvgIpc) is 2.76. The lowest BCUT2D eigenvalue weighted by molar-refractivity contribution is 0.192. The minimum Gasteiger partial charge on any atom is -0.365 e. The van der Waals surface area contributed by atoms with Gasteiger partial charge in [0.1, 0.15) is 5.82 Å². The van der Waals surface area contributed by atoms with Crippen molar-refractivity contribution in [3.05, 3.63) is 22.3 Å². The molecule has 98 valence electrons. The molecule has 2 atom stereocenters. The zero-order valence-electron chi connectivity index (χ0n) is 10.8. The molecule has 0 amide bonds. The third-order valence-electron chi connectivity index (χ3n) is 4.16. The lowest BCUT2D eigenvalue weighted by Crippen LogP contribution is -2.41. The molecule has 0 spiro atoms. The van der Waals surface area contributed by atoms with Gasteiger partial charge >= 0.3 is 0 Å². The first kappa shape index (κ1) is 12.4. The molecule has 3 rings (SSSR count). The molecule has 2 aliphatic rings. The molecule has 0 saturated carbocycles. The summed E-state index contributed by atoms with van der Waals surface area (Å²) in [6.45, 7) is 4.59. The Morgan fingerprint density at radius 1 is 1.33 bits per heavy atom. The van der Waals surface area contributed by atoms with E-state index in [0.29, 0.717) is 12.1 Å². The van der Waals surface area contributed by atoms with Crippen LogP contribution in [0.4, 0.5) is 5.82 Å². The van der Waals surface area contributed by atoms with Crippen molar-refractivity contribution in [1.29, 1.82) is 0 Å². The van der Waals surface area contributed by atoms with Crippen LogP contribution < -0.4 is 5.32 Å². The van der Waals surface area contributed by atoms with Crippen molar-refractivity contribution in [2.45, 2.75) is 44.7 Å². The number of fused-ring (bicyclic) bond motifs is 1. The number of pyridine rings is 1. The number of rotatable bonds is 2. The van der Waals surface area contributed by atoms with Crippen LogP contribution in [0.15, 0.2) is 16.7 Å². The van der Waals surface area contributed by atoms with E-state index in [2.05, 4.69) is 44.1 Å². The lowest BCUT2D eigenvalue weighted by Gasteiger charge is -2.32. The highest BCUT2D eigenvalue weighted by molar-refractivity contribution is 9.10. The van der Waals surface area contributed by atoms with Crippen molar-refractivity contribution in [2.24, 2.45) is 0 Å². The van der Waals surface area contributed by atoms with Gasteiger partial charge in [0, 0.05) is 24.8 Å². The minimum atomic E-state index is 0.566. The van der Waals surface area contributed by atoms with Gasteiger partial charge in [0.15, 0.2) is 0 Å². The molecule has 3 nitrogen and oxygen atoms in total. The van der Waals surface area contributed by atoms with Crippen LogP contribution in [0.2, 0.25) is 0 Å². The van der Waals surface area contributed by atoms with Crippen LogP contribution in [0.25, 0.3) is 0 Å². The van der Waals surface area contributed by atoms with Gasteiger partial charge in [-0.05, 0) is 60.3 Å². The molecule has 0 aliphatic carbocycles. The van der Waals surface area contributed by atoms with Crippen LogP contribution >= 0.6 is 15.9 Å². The van der Waals surface area contributed by atoms with Gasteiger partial charge in [-0.2, -0.15) is 0 Å².